The zero-order valence-corrected chi connectivity index (χ0v) is 13.7. The Labute approximate surface area is 137 Å². The number of aryl methyl sites for hydroxylation is 1. The Bertz CT molecular complexity index is 795. The summed E-state index contributed by atoms with van der Waals surface area (Å²) in [5.74, 6) is -0.286. The van der Waals surface area contributed by atoms with E-state index in [1.165, 1.54) is 0 Å². The summed E-state index contributed by atoms with van der Waals surface area (Å²) >= 11 is 0. The van der Waals surface area contributed by atoms with Crippen LogP contribution in [0.2, 0.25) is 0 Å². The van der Waals surface area contributed by atoms with E-state index in [-0.39, 0.29) is 29.3 Å². The maximum atomic E-state index is 12.8. The van der Waals surface area contributed by atoms with Gasteiger partial charge in [0.25, 0.3) is 5.56 Å². The lowest BCUT2D eigenvalue weighted by Gasteiger charge is -2.16. The smallest absolute Gasteiger partial charge is 0.408 e. The summed E-state index contributed by atoms with van der Waals surface area (Å²) < 4.78 is 38.7. The summed E-state index contributed by atoms with van der Waals surface area (Å²) in [6.07, 6.45) is -4.31. The highest BCUT2D eigenvalue weighted by atomic mass is 19.4. The number of rotatable bonds is 4. The van der Waals surface area contributed by atoms with Crippen LogP contribution in [0.25, 0.3) is 11.1 Å². The normalized spacial score (nSPS) is 12.0. The van der Waals surface area contributed by atoms with Crippen LogP contribution < -0.4 is 5.56 Å². The van der Waals surface area contributed by atoms with Gasteiger partial charge in [-0.3, -0.25) is 4.79 Å². The molecule has 0 unspecified atom stereocenters. The summed E-state index contributed by atoms with van der Waals surface area (Å²) in [7, 11) is 0. The van der Waals surface area contributed by atoms with Gasteiger partial charge in [0, 0.05) is 0 Å². The van der Waals surface area contributed by atoms with E-state index in [9.17, 15) is 23.1 Å². The van der Waals surface area contributed by atoms with Crippen LogP contribution in [0.1, 0.15) is 25.1 Å². The Kier molecular flexibility index (Phi) is 5.01. The molecule has 0 radical (unpaired) electrons. The van der Waals surface area contributed by atoms with Crippen molar-refractivity contribution in [3.8, 4) is 16.9 Å². The van der Waals surface area contributed by atoms with Gasteiger partial charge in [0.2, 0.25) is 0 Å². The Morgan fingerprint density at radius 2 is 1.88 bits per heavy atom. The van der Waals surface area contributed by atoms with E-state index in [4.69, 9.17) is 0 Å². The molecule has 0 spiro atoms. The molecular weight excluding hydrogens is 321 g/mol. The molecule has 0 fully saturated rings. The molecule has 0 saturated carbocycles. The van der Waals surface area contributed by atoms with Crippen molar-refractivity contribution in [2.75, 3.05) is 0 Å². The van der Waals surface area contributed by atoms with Gasteiger partial charge in [-0.15, -0.1) is 0 Å². The fourth-order valence-electron chi connectivity index (χ4n) is 2.51. The van der Waals surface area contributed by atoms with E-state index in [0.29, 0.717) is 15.8 Å². The fraction of sp³-hybridized carbons (Fsp3) is 0.412. The Hall–Kier alpha value is -2.31. The lowest BCUT2D eigenvalue weighted by Crippen LogP contribution is -2.32. The number of benzene rings is 1. The molecule has 4 nitrogen and oxygen atoms in total. The van der Waals surface area contributed by atoms with E-state index in [2.05, 4.69) is 5.10 Å². The first kappa shape index (κ1) is 18.0. The van der Waals surface area contributed by atoms with E-state index < -0.39 is 18.3 Å². The number of nitrogens with zero attached hydrogens (tertiary/aromatic N) is 2. The lowest BCUT2D eigenvalue weighted by atomic mass is 9.98. The molecule has 2 aromatic rings. The molecule has 2 rings (SSSR count). The lowest BCUT2D eigenvalue weighted by molar-refractivity contribution is -0.143. The average molecular weight is 340 g/mol. The first-order chi connectivity index (χ1) is 11.1. The molecule has 0 amide bonds. The Morgan fingerprint density at radius 1 is 1.25 bits per heavy atom. The number of hydrogen-bond donors (Lipinski definition) is 1. The molecule has 1 N–H and O–H groups in total. The standard InChI is InChI=1S/C17H19F3N2O2/c1-10(2)8-13-15(23)14(12-7-5-4-6-11(12)3)16(24)22(21-13)9-17(18,19)20/h4-7,10,23H,8-9H2,1-3H3. The summed E-state index contributed by atoms with van der Waals surface area (Å²) in [4.78, 5) is 12.5. The number of hydrogen-bond acceptors (Lipinski definition) is 3. The zero-order chi connectivity index (χ0) is 18.1. The Balaban J connectivity index is 2.75. The van der Waals surface area contributed by atoms with Crippen LogP contribution in [0.5, 0.6) is 5.75 Å². The first-order valence-electron chi connectivity index (χ1n) is 7.56. The van der Waals surface area contributed by atoms with Crippen molar-refractivity contribution < 1.29 is 18.3 Å². The number of aromatic nitrogens is 2. The van der Waals surface area contributed by atoms with Gasteiger partial charge in [-0.2, -0.15) is 18.3 Å². The summed E-state index contributed by atoms with van der Waals surface area (Å²) in [6.45, 7) is 3.95. The highest BCUT2D eigenvalue weighted by molar-refractivity contribution is 5.72. The quantitative estimate of drug-likeness (QED) is 0.924. The van der Waals surface area contributed by atoms with E-state index in [1.807, 2.05) is 13.8 Å². The summed E-state index contributed by atoms with van der Waals surface area (Å²) in [5, 5.41) is 14.2. The SMILES string of the molecule is Cc1ccccc1-c1c(O)c(CC(C)C)nn(CC(F)(F)F)c1=O. The summed E-state index contributed by atoms with van der Waals surface area (Å²) in [6, 6.07) is 6.74. The van der Waals surface area contributed by atoms with Crippen LogP contribution >= 0.6 is 0 Å². The highest BCUT2D eigenvalue weighted by Crippen LogP contribution is 2.31. The molecule has 1 aromatic carbocycles. The van der Waals surface area contributed by atoms with Gasteiger partial charge in [0.15, 0.2) is 5.75 Å². The second-order valence-electron chi connectivity index (χ2n) is 6.16. The van der Waals surface area contributed by atoms with Crippen molar-refractivity contribution in [3.05, 3.63) is 45.9 Å². The topological polar surface area (TPSA) is 55.1 Å². The van der Waals surface area contributed by atoms with Crippen molar-refractivity contribution in [3.63, 3.8) is 0 Å². The van der Waals surface area contributed by atoms with Gasteiger partial charge in [0.1, 0.15) is 12.2 Å². The first-order valence-corrected chi connectivity index (χ1v) is 7.56. The molecule has 0 atom stereocenters. The number of alkyl halides is 3. The second-order valence-corrected chi connectivity index (χ2v) is 6.16. The second kappa shape index (κ2) is 6.67. The molecule has 0 aliphatic rings. The fourth-order valence-corrected chi connectivity index (χ4v) is 2.51. The van der Waals surface area contributed by atoms with E-state index in [1.54, 1.807) is 31.2 Å². The van der Waals surface area contributed by atoms with Crippen LogP contribution in [-0.2, 0) is 13.0 Å². The van der Waals surface area contributed by atoms with Crippen LogP contribution in [0, 0.1) is 12.8 Å². The molecule has 0 aliphatic carbocycles. The van der Waals surface area contributed by atoms with Crippen molar-refractivity contribution in [1.82, 2.24) is 9.78 Å². The van der Waals surface area contributed by atoms with Gasteiger partial charge in [-0.05, 0) is 30.4 Å². The average Bonchev–Trinajstić information content (AvgIpc) is 2.44. The van der Waals surface area contributed by atoms with Gasteiger partial charge in [-0.1, -0.05) is 38.1 Å². The number of aromatic hydroxyl groups is 1. The van der Waals surface area contributed by atoms with Gasteiger partial charge >= 0.3 is 6.18 Å². The molecule has 24 heavy (non-hydrogen) atoms. The Morgan fingerprint density at radius 3 is 2.42 bits per heavy atom. The predicted octanol–water partition coefficient (Wildman–Crippen LogP) is 3.69. The minimum absolute atomic E-state index is 0.0601. The third-order valence-electron chi connectivity index (χ3n) is 3.54. The van der Waals surface area contributed by atoms with Crippen LogP contribution in [0.15, 0.2) is 29.1 Å². The maximum absolute atomic E-state index is 12.8. The predicted molar refractivity (Wildman–Crippen MR) is 84.9 cm³/mol. The molecule has 1 aromatic heterocycles. The molecule has 1 heterocycles. The van der Waals surface area contributed by atoms with Crippen LogP contribution in [0.4, 0.5) is 13.2 Å². The van der Waals surface area contributed by atoms with Crippen LogP contribution in [0.3, 0.4) is 0 Å². The van der Waals surface area contributed by atoms with Gasteiger partial charge in [-0.25, -0.2) is 4.68 Å². The molecule has 130 valence electrons. The molecule has 0 aliphatic heterocycles. The maximum Gasteiger partial charge on any atom is 0.408 e. The van der Waals surface area contributed by atoms with Gasteiger partial charge < -0.3 is 5.11 Å². The molecule has 0 saturated heterocycles. The van der Waals surface area contributed by atoms with E-state index in [0.717, 1.165) is 0 Å². The summed E-state index contributed by atoms with van der Waals surface area (Å²) in [5.41, 5.74) is 0.0928. The monoisotopic (exact) mass is 340 g/mol. The minimum Gasteiger partial charge on any atom is -0.505 e. The minimum atomic E-state index is -4.58. The molecular formula is C17H19F3N2O2. The zero-order valence-electron chi connectivity index (χ0n) is 13.7. The van der Waals surface area contributed by atoms with Crippen molar-refractivity contribution in [2.45, 2.75) is 39.9 Å². The van der Waals surface area contributed by atoms with Crippen molar-refractivity contribution in [2.24, 2.45) is 5.92 Å². The third-order valence-corrected chi connectivity index (χ3v) is 3.54. The van der Waals surface area contributed by atoms with E-state index >= 15 is 0 Å². The van der Waals surface area contributed by atoms with Crippen LogP contribution in [-0.4, -0.2) is 21.1 Å². The largest absolute Gasteiger partial charge is 0.505 e. The number of halogens is 3. The molecule has 0 bridgehead atoms. The van der Waals surface area contributed by atoms with Gasteiger partial charge in [0.05, 0.1) is 5.56 Å². The third kappa shape index (κ3) is 3.96. The van der Waals surface area contributed by atoms with Crippen molar-refractivity contribution in [1.29, 1.82) is 0 Å². The molecule has 7 heteroatoms. The highest BCUT2D eigenvalue weighted by Gasteiger charge is 2.31. The van der Waals surface area contributed by atoms with Crippen molar-refractivity contribution >= 4 is 0 Å².